The molecular formula is C15H14ClNO3. The van der Waals surface area contributed by atoms with Gasteiger partial charge in [0, 0.05) is 5.02 Å². The summed E-state index contributed by atoms with van der Waals surface area (Å²) in [6, 6.07) is 5.43. The van der Waals surface area contributed by atoms with Gasteiger partial charge in [-0.25, -0.2) is 0 Å². The number of nitrogens with zero attached hydrogens (tertiary/aromatic N) is 1. The largest absolute Gasteiger partial charge is 0.494 e. The van der Waals surface area contributed by atoms with Gasteiger partial charge in [-0.05, 0) is 37.5 Å². The number of rotatable bonds is 1. The smallest absolute Gasteiger partial charge is 0.205 e. The summed E-state index contributed by atoms with van der Waals surface area (Å²) >= 11 is 6.13. The lowest BCUT2D eigenvalue weighted by Crippen LogP contribution is -1.98. The molecule has 3 heterocycles. The monoisotopic (exact) mass is 291 g/mol. The maximum atomic E-state index is 10.5. The molecule has 1 aromatic carbocycles. The van der Waals surface area contributed by atoms with E-state index in [4.69, 9.17) is 16.3 Å². The Hall–Kier alpha value is -1.65. The fourth-order valence-electron chi connectivity index (χ4n) is 3.35. The highest BCUT2D eigenvalue weighted by Crippen LogP contribution is 2.58. The number of ether oxygens (including phenoxy) is 1. The summed E-state index contributed by atoms with van der Waals surface area (Å²) in [5.74, 6) is 0.130. The zero-order valence-electron chi connectivity index (χ0n) is 10.9. The molecule has 0 saturated carbocycles. The van der Waals surface area contributed by atoms with E-state index in [0.717, 1.165) is 29.5 Å². The van der Waals surface area contributed by atoms with Crippen LogP contribution in [0.15, 0.2) is 18.2 Å². The zero-order valence-corrected chi connectivity index (χ0v) is 11.7. The molecule has 2 N–H and O–H groups in total. The van der Waals surface area contributed by atoms with Gasteiger partial charge in [-0.3, -0.25) is 4.57 Å². The Kier molecular flexibility index (Phi) is 2.38. The first-order chi connectivity index (χ1) is 9.59. The molecule has 2 aliphatic rings. The minimum absolute atomic E-state index is 0.0649. The molecule has 2 unspecified atom stereocenters. The summed E-state index contributed by atoms with van der Waals surface area (Å²) in [6.45, 7) is 1.87. The van der Waals surface area contributed by atoms with Gasteiger partial charge < -0.3 is 14.9 Å². The molecule has 0 radical (unpaired) electrons. The third-order valence-electron chi connectivity index (χ3n) is 4.34. The summed E-state index contributed by atoms with van der Waals surface area (Å²) in [7, 11) is 0. The molecule has 1 saturated heterocycles. The van der Waals surface area contributed by atoms with E-state index < -0.39 is 0 Å². The molecule has 2 bridgehead atoms. The van der Waals surface area contributed by atoms with Crippen LogP contribution in [0.4, 0.5) is 0 Å². The summed E-state index contributed by atoms with van der Waals surface area (Å²) < 4.78 is 7.20. The van der Waals surface area contributed by atoms with Crippen LogP contribution in [0.2, 0.25) is 5.02 Å². The second kappa shape index (κ2) is 3.93. The van der Waals surface area contributed by atoms with Crippen molar-refractivity contribution in [3.05, 3.63) is 39.9 Å². The van der Waals surface area contributed by atoms with Crippen LogP contribution in [0.5, 0.6) is 11.8 Å². The molecule has 2 aliphatic heterocycles. The van der Waals surface area contributed by atoms with E-state index in [1.165, 1.54) is 4.57 Å². The van der Waals surface area contributed by atoms with E-state index in [1.807, 2.05) is 13.0 Å². The Morgan fingerprint density at radius 1 is 1.15 bits per heavy atom. The topological polar surface area (TPSA) is 54.6 Å². The Morgan fingerprint density at radius 2 is 1.75 bits per heavy atom. The fraction of sp³-hybridized carbons (Fsp3) is 0.333. The normalized spacial score (nSPS) is 23.3. The third-order valence-corrected chi connectivity index (χ3v) is 4.75. The first-order valence-electron chi connectivity index (χ1n) is 6.67. The molecule has 2 aromatic rings. The maximum Gasteiger partial charge on any atom is 0.205 e. The Labute approximate surface area is 121 Å². The van der Waals surface area contributed by atoms with Crippen molar-refractivity contribution in [3.63, 3.8) is 0 Å². The van der Waals surface area contributed by atoms with Crippen LogP contribution >= 0.6 is 11.6 Å². The van der Waals surface area contributed by atoms with Gasteiger partial charge in [-0.2, -0.15) is 0 Å². The highest BCUT2D eigenvalue weighted by atomic mass is 35.5. The highest BCUT2D eigenvalue weighted by molar-refractivity contribution is 6.31. The maximum absolute atomic E-state index is 10.5. The van der Waals surface area contributed by atoms with Gasteiger partial charge in [0.1, 0.15) is 0 Å². The number of hydrogen-bond acceptors (Lipinski definition) is 3. The van der Waals surface area contributed by atoms with Crippen molar-refractivity contribution in [3.8, 4) is 17.4 Å². The summed E-state index contributed by atoms with van der Waals surface area (Å²) in [4.78, 5) is 0. The van der Waals surface area contributed by atoms with Crippen LogP contribution in [0, 0.1) is 6.92 Å². The average Bonchev–Trinajstić information content (AvgIpc) is 3.09. The van der Waals surface area contributed by atoms with Crippen molar-refractivity contribution in [1.29, 1.82) is 0 Å². The molecule has 20 heavy (non-hydrogen) atoms. The number of aromatic hydroxyl groups is 2. The second-order valence-corrected chi connectivity index (χ2v) is 5.79. The minimum Gasteiger partial charge on any atom is -0.494 e. The van der Waals surface area contributed by atoms with Crippen molar-refractivity contribution in [2.75, 3.05) is 0 Å². The minimum atomic E-state index is -0.0957. The van der Waals surface area contributed by atoms with Crippen LogP contribution in [0.3, 0.4) is 0 Å². The number of benzene rings is 1. The van der Waals surface area contributed by atoms with Gasteiger partial charge >= 0.3 is 0 Å². The van der Waals surface area contributed by atoms with Gasteiger partial charge in [0.05, 0.1) is 29.0 Å². The number of aromatic nitrogens is 1. The van der Waals surface area contributed by atoms with Gasteiger partial charge in [-0.15, -0.1) is 0 Å². The second-order valence-electron chi connectivity index (χ2n) is 5.38. The molecule has 0 aliphatic carbocycles. The molecule has 2 atom stereocenters. The molecule has 4 rings (SSSR count). The number of hydrogen-bond donors (Lipinski definition) is 2. The van der Waals surface area contributed by atoms with Crippen LogP contribution < -0.4 is 0 Å². The van der Waals surface area contributed by atoms with Crippen molar-refractivity contribution < 1.29 is 14.9 Å². The van der Waals surface area contributed by atoms with Crippen LogP contribution in [0.1, 0.15) is 41.7 Å². The van der Waals surface area contributed by atoms with Gasteiger partial charge in [0.15, 0.2) is 0 Å². The van der Waals surface area contributed by atoms with Crippen LogP contribution in [-0.4, -0.2) is 14.8 Å². The molecule has 104 valence electrons. The lowest BCUT2D eigenvalue weighted by atomic mass is 9.95. The lowest BCUT2D eigenvalue weighted by Gasteiger charge is -2.13. The molecule has 0 amide bonds. The van der Waals surface area contributed by atoms with E-state index >= 15 is 0 Å². The molecule has 1 fully saturated rings. The summed E-state index contributed by atoms with van der Waals surface area (Å²) in [5, 5.41) is 21.6. The van der Waals surface area contributed by atoms with Crippen molar-refractivity contribution >= 4 is 11.6 Å². The van der Waals surface area contributed by atoms with Crippen molar-refractivity contribution in [2.45, 2.75) is 32.0 Å². The van der Waals surface area contributed by atoms with E-state index in [2.05, 4.69) is 0 Å². The van der Waals surface area contributed by atoms with Gasteiger partial charge in [0.2, 0.25) is 11.8 Å². The first kappa shape index (κ1) is 12.1. The van der Waals surface area contributed by atoms with Crippen LogP contribution in [0.25, 0.3) is 5.69 Å². The van der Waals surface area contributed by atoms with Crippen LogP contribution in [-0.2, 0) is 4.74 Å². The van der Waals surface area contributed by atoms with Crippen molar-refractivity contribution in [2.24, 2.45) is 0 Å². The van der Waals surface area contributed by atoms with E-state index in [9.17, 15) is 10.2 Å². The quantitative estimate of drug-likeness (QED) is 0.841. The van der Waals surface area contributed by atoms with Gasteiger partial charge in [0.25, 0.3) is 0 Å². The Balaban J connectivity index is 1.99. The zero-order chi connectivity index (χ0) is 14.0. The van der Waals surface area contributed by atoms with E-state index in [-0.39, 0.29) is 24.0 Å². The summed E-state index contributed by atoms with van der Waals surface area (Å²) in [5.41, 5.74) is 2.99. The van der Waals surface area contributed by atoms with Gasteiger partial charge in [-0.1, -0.05) is 17.7 Å². The SMILES string of the molecule is Cc1c(Cl)cccc1-n1c(O)c2c(c1O)C1CCC2O1. The molecule has 0 spiro atoms. The highest BCUT2D eigenvalue weighted by Gasteiger charge is 2.45. The first-order valence-corrected chi connectivity index (χ1v) is 7.04. The molecular weight excluding hydrogens is 278 g/mol. The van der Waals surface area contributed by atoms with E-state index in [1.54, 1.807) is 12.1 Å². The Morgan fingerprint density at radius 3 is 2.35 bits per heavy atom. The third kappa shape index (κ3) is 1.35. The number of fused-ring (bicyclic) bond motifs is 5. The standard InChI is InChI=1S/C15H14ClNO3/c1-7-8(16)3-2-4-9(7)17-14(18)12-10-5-6-11(20-10)13(12)15(17)19/h2-4,10-11,18-19H,5-6H2,1H3. The molecule has 1 aromatic heterocycles. The molecule has 4 nitrogen and oxygen atoms in total. The lowest BCUT2D eigenvalue weighted by molar-refractivity contribution is 0.0682. The average molecular weight is 292 g/mol. The van der Waals surface area contributed by atoms with Crippen molar-refractivity contribution in [1.82, 2.24) is 4.57 Å². The summed E-state index contributed by atoms with van der Waals surface area (Å²) in [6.07, 6.45) is 1.59. The molecule has 5 heteroatoms. The predicted octanol–water partition coefficient (Wildman–Crippen LogP) is 3.76. The Bertz CT molecular complexity index is 689. The number of halogens is 1. The van der Waals surface area contributed by atoms with E-state index in [0.29, 0.717) is 10.7 Å². The predicted molar refractivity (Wildman–Crippen MR) is 74.6 cm³/mol. The fourth-order valence-corrected chi connectivity index (χ4v) is 3.51.